The maximum atomic E-state index is 10.9. The molecule has 0 aliphatic heterocycles. The Morgan fingerprint density at radius 3 is 2.65 bits per heavy atom. The minimum atomic E-state index is -0.334. The number of fused-ring (bicyclic) bond motifs is 1. The normalized spacial score (nSPS) is 10.7. The van der Waals surface area contributed by atoms with Crippen molar-refractivity contribution in [1.29, 1.82) is 0 Å². The average molecular weight is 267 g/mol. The van der Waals surface area contributed by atoms with Crippen molar-refractivity contribution in [1.82, 2.24) is 14.5 Å². The van der Waals surface area contributed by atoms with Gasteiger partial charge in [0.15, 0.2) is 5.82 Å². The van der Waals surface area contributed by atoms with Gasteiger partial charge in [0, 0.05) is 37.3 Å². The number of carbonyl (C=O) groups is 1. The zero-order chi connectivity index (χ0) is 14.1. The number of hydrogen-bond donors (Lipinski definition) is 0. The largest absolute Gasteiger partial charge is 0.427 e. The fourth-order valence-corrected chi connectivity index (χ4v) is 2.02. The fourth-order valence-electron chi connectivity index (χ4n) is 2.02. The van der Waals surface area contributed by atoms with Crippen LogP contribution in [0.1, 0.15) is 6.92 Å². The highest BCUT2D eigenvalue weighted by atomic mass is 16.5. The summed E-state index contributed by atoms with van der Waals surface area (Å²) in [5.74, 6) is 0.828. The van der Waals surface area contributed by atoms with Crippen LogP contribution in [0.25, 0.3) is 22.4 Å². The summed E-state index contributed by atoms with van der Waals surface area (Å²) in [4.78, 5) is 19.8. The van der Waals surface area contributed by atoms with Crippen LogP contribution in [-0.4, -0.2) is 20.5 Å². The minimum Gasteiger partial charge on any atom is -0.427 e. The molecule has 100 valence electrons. The molecule has 0 saturated carbocycles. The van der Waals surface area contributed by atoms with Crippen molar-refractivity contribution in [2.24, 2.45) is 7.05 Å². The Labute approximate surface area is 115 Å². The highest BCUT2D eigenvalue weighted by Gasteiger charge is 2.06. The van der Waals surface area contributed by atoms with Crippen molar-refractivity contribution >= 4 is 17.0 Å². The summed E-state index contributed by atoms with van der Waals surface area (Å²) < 4.78 is 6.95. The molecule has 2 aromatic heterocycles. The van der Waals surface area contributed by atoms with Crippen LogP contribution in [0.15, 0.2) is 42.7 Å². The molecular weight excluding hydrogens is 254 g/mol. The summed E-state index contributed by atoms with van der Waals surface area (Å²) in [5, 5.41) is 1.01. The van der Waals surface area contributed by atoms with Gasteiger partial charge in [-0.25, -0.2) is 9.97 Å². The molecule has 0 bridgehead atoms. The summed E-state index contributed by atoms with van der Waals surface area (Å²) in [6.45, 7) is 1.38. The number of nitrogens with zero attached hydrogens (tertiary/aromatic N) is 3. The molecule has 20 heavy (non-hydrogen) atoms. The number of benzene rings is 1. The van der Waals surface area contributed by atoms with Crippen LogP contribution in [0.2, 0.25) is 0 Å². The van der Waals surface area contributed by atoms with Crippen molar-refractivity contribution in [2.45, 2.75) is 6.92 Å². The van der Waals surface area contributed by atoms with E-state index in [0.717, 1.165) is 16.6 Å². The summed E-state index contributed by atoms with van der Waals surface area (Å²) in [6.07, 6.45) is 3.75. The third-order valence-corrected chi connectivity index (χ3v) is 2.98. The van der Waals surface area contributed by atoms with Gasteiger partial charge in [-0.3, -0.25) is 4.79 Å². The quantitative estimate of drug-likeness (QED) is 0.529. The second kappa shape index (κ2) is 4.77. The summed E-state index contributed by atoms with van der Waals surface area (Å²) in [6, 6.07) is 9.11. The first kappa shape index (κ1) is 12.3. The molecule has 0 amide bonds. The minimum absolute atomic E-state index is 0.334. The smallest absolute Gasteiger partial charge is 0.308 e. The highest BCUT2D eigenvalue weighted by molar-refractivity contribution is 5.77. The van der Waals surface area contributed by atoms with E-state index in [1.54, 1.807) is 18.3 Å². The molecule has 0 N–H and O–H groups in total. The SMILES string of the molecule is CC(=O)Oc1ccc(-c2ncc3ccn(C)c3n2)cc1. The topological polar surface area (TPSA) is 57.0 Å². The fraction of sp³-hybridized carbons (Fsp3) is 0.133. The standard InChI is InChI=1S/C15H13N3O2/c1-10(19)20-13-5-3-11(4-6-13)14-16-9-12-7-8-18(2)15(12)17-14/h3-9H,1-2H3. The lowest BCUT2D eigenvalue weighted by Gasteiger charge is -2.04. The number of carbonyl (C=O) groups excluding carboxylic acids is 1. The Bertz CT molecular complexity index is 775. The Morgan fingerprint density at radius 1 is 1.20 bits per heavy atom. The summed E-state index contributed by atoms with van der Waals surface area (Å²) in [7, 11) is 1.95. The molecule has 3 rings (SSSR count). The third-order valence-electron chi connectivity index (χ3n) is 2.98. The van der Waals surface area contributed by atoms with Gasteiger partial charge in [-0.15, -0.1) is 0 Å². The second-order valence-electron chi connectivity index (χ2n) is 4.52. The van der Waals surface area contributed by atoms with E-state index < -0.39 is 0 Å². The van der Waals surface area contributed by atoms with Crippen LogP contribution in [-0.2, 0) is 11.8 Å². The Morgan fingerprint density at radius 2 is 1.95 bits per heavy atom. The molecule has 0 aliphatic rings. The predicted molar refractivity (Wildman–Crippen MR) is 75.3 cm³/mol. The first-order valence-corrected chi connectivity index (χ1v) is 6.20. The number of esters is 1. The lowest BCUT2D eigenvalue weighted by molar-refractivity contribution is -0.131. The highest BCUT2D eigenvalue weighted by Crippen LogP contribution is 2.21. The summed E-state index contributed by atoms with van der Waals surface area (Å²) >= 11 is 0. The van der Waals surface area contributed by atoms with Gasteiger partial charge in [-0.05, 0) is 30.3 Å². The molecule has 5 nitrogen and oxygen atoms in total. The monoisotopic (exact) mass is 267 g/mol. The maximum Gasteiger partial charge on any atom is 0.308 e. The van der Waals surface area contributed by atoms with E-state index >= 15 is 0 Å². The number of ether oxygens (including phenoxy) is 1. The van der Waals surface area contributed by atoms with Crippen LogP contribution >= 0.6 is 0 Å². The van der Waals surface area contributed by atoms with Crippen LogP contribution in [0, 0.1) is 0 Å². The van der Waals surface area contributed by atoms with Crippen molar-refractivity contribution in [3.8, 4) is 17.1 Å². The van der Waals surface area contributed by atoms with Gasteiger partial charge in [0.05, 0.1) is 0 Å². The molecule has 0 spiro atoms. The zero-order valence-corrected chi connectivity index (χ0v) is 11.2. The van der Waals surface area contributed by atoms with Crippen LogP contribution < -0.4 is 4.74 Å². The van der Waals surface area contributed by atoms with Gasteiger partial charge >= 0.3 is 5.97 Å². The average Bonchev–Trinajstić information content (AvgIpc) is 2.80. The van der Waals surface area contributed by atoms with Gasteiger partial charge in [-0.2, -0.15) is 0 Å². The molecule has 0 fully saturated rings. The van der Waals surface area contributed by atoms with Gasteiger partial charge in [0.2, 0.25) is 0 Å². The van der Waals surface area contributed by atoms with Crippen LogP contribution in [0.3, 0.4) is 0 Å². The van der Waals surface area contributed by atoms with E-state index in [-0.39, 0.29) is 5.97 Å². The Hall–Kier alpha value is -2.69. The van der Waals surface area contributed by atoms with Crippen molar-refractivity contribution in [2.75, 3.05) is 0 Å². The van der Waals surface area contributed by atoms with Crippen LogP contribution in [0.4, 0.5) is 0 Å². The van der Waals surface area contributed by atoms with Gasteiger partial charge < -0.3 is 9.30 Å². The van der Waals surface area contributed by atoms with E-state index in [1.807, 2.05) is 36.0 Å². The number of aromatic nitrogens is 3. The molecule has 5 heteroatoms. The molecule has 0 radical (unpaired) electrons. The van der Waals surface area contributed by atoms with Gasteiger partial charge in [-0.1, -0.05) is 0 Å². The molecule has 0 saturated heterocycles. The predicted octanol–water partition coefficient (Wildman–Crippen LogP) is 2.56. The molecule has 0 unspecified atom stereocenters. The van der Waals surface area contributed by atoms with E-state index in [9.17, 15) is 4.79 Å². The van der Waals surface area contributed by atoms with E-state index in [1.165, 1.54) is 6.92 Å². The lowest BCUT2D eigenvalue weighted by atomic mass is 10.2. The van der Waals surface area contributed by atoms with Crippen molar-refractivity contribution in [3.05, 3.63) is 42.7 Å². The van der Waals surface area contributed by atoms with Gasteiger partial charge in [0.25, 0.3) is 0 Å². The Balaban J connectivity index is 1.97. The van der Waals surface area contributed by atoms with E-state index in [2.05, 4.69) is 9.97 Å². The molecule has 0 aliphatic carbocycles. The summed E-state index contributed by atoms with van der Waals surface area (Å²) in [5.41, 5.74) is 1.77. The number of rotatable bonds is 2. The zero-order valence-electron chi connectivity index (χ0n) is 11.2. The first-order valence-electron chi connectivity index (χ1n) is 6.20. The molecular formula is C15H13N3O2. The van der Waals surface area contributed by atoms with Crippen LogP contribution in [0.5, 0.6) is 5.75 Å². The van der Waals surface area contributed by atoms with E-state index in [4.69, 9.17) is 4.74 Å². The van der Waals surface area contributed by atoms with E-state index in [0.29, 0.717) is 11.6 Å². The van der Waals surface area contributed by atoms with Gasteiger partial charge in [0.1, 0.15) is 11.4 Å². The Kier molecular flexibility index (Phi) is 2.95. The van der Waals surface area contributed by atoms with Crippen molar-refractivity contribution in [3.63, 3.8) is 0 Å². The first-order chi connectivity index (χ1) is 9.63. The molecule has 2 heterocycles. The number of hydrogen-bond acceptors (Lipinski definition) is 4. The molecule has 3 aromatic rings. The lowest BCUT2D eigenvalue weighted by Crippen LogP contribution is -2.01. The molecule has 1 aromatic carbocycles. The maximum absolute atomic E-state index is 10.9. The second-order valence-corrected chi connectivity index (χ2v) is 4.52. The third kappa shape index (κ3) is 2.25. The van der Waals surface area contributed by atoms with Crippen molar-refractivity contribution < 1.29 is 9.53 Å². The number of aryl methyl sites for hydroxylation is 1. The molecule has 0 atom stereocenters.